The summed E-state index contributed by atoms with van der Waals surface area (Å²) in [6.45, 7) is -1.33. The number of amides is 1. The van der Waals surface area contributed by atoms with Crippen LogP contribution in [0.15, 0.2) is 12.3 Å². The highest BCUT2D eigenvalue weighted by molar-refractivity contribution is 6.35. The molecule has 0 radical (unpaired) electrons. The van der Waals surface area contributed by atoms with E-state index in [1.807, 2.05) is 0 Å². The number of hydrogen-bond acceptors (Lipinski definition) is 2. The molecule has 0 fully saturated rings. The summed E-state index contributed by atoms with van der Waals surface area (Å²) >= 11 is 6.12. The Labute approximate surface area is 122 Å². The smallest absolute Gasteiger partial charge is 0.329 e. The fourth-order valence-corrected chi connectivity index (χ4v) is 2.91. The summed E-state index contributed by atoms with van der Waals surface area (Å²) < 4.78 is 37.8. The lowest BCUT2D eigenvalue weighted by Crippen LogP contribution is -2.37. The number of carbonyl (C=O) groups is 1. The van der Waals surface area contributed by atoms with Gasteiger partial charge in [0.2, 0.25) is 5.91 Å². The van der Waals surface area contributed by atoms with Gasteiger partial charge < -0.3 is 4.90 Å². The van der Waals surface area contributed by atoms with Crippen molar-refractivity contribution in [1.82, 2.24) is 15.1 Å². The molecule has 1 N–H and O–H groups in total. The average molecular weight is 318 g/mol. The summed E-state index contributed by atoms with van der Waals surface area (Å²) in [5, 5.41) is 7.73. The molecule has 112 valence electrons. The highest BCUT2D eigenvalue weighted by Crippen LogP contribution is 2.32. The second-order valence-electron chi connectivity index (χ2n) is 5.02. The van der Waals surface area contributed by atoms with Gasteiger partial charge in [0.15, 0.2) is 0 Å². The van der Waals surface area contributed by atoms with Crippen LogP contribution in [0.25, 0.3) is 10.9 Å². The number of rotatable bonds is 1. The van der Waals surface area contributed by atoms with Crippen molar-refractivity contribution in [2.45, 2.75) is 25.6 Å². The van der Waals surface area contributed by atoms with E-state index in [9.17, 15) is 18.0 Å². The zero-order chi connectivity index (χ0) is 15.2. The van der Waals surface area contributed by atoms with Crippen LogP contribution in [0.4, 0.5) is 13.2 Å². The molecular formula is C13H11ClF3N3O. The first-order valence-corrected chi connectivity index (χ1v) is 6.71. The maximum Gasteiger partial charge on any atom is 0.406 e. The van der Waals surface area contributed by atoms with Crippen LogP contribution in [-0.2, 0) is 17.8 Å². The molecule has 1 aliphatic rings. The van der Waals surface area contributed by atoms with Gasteiger partial charge in [-0.25, -0.2) is 0 Å². The molecule has 1 aliphatic heterocycles. The van der Waals surface area contributed by atoms with Crippen LogP contribution >= 0.6 is 11.6 Å². The second kappa shape index (κ2) is 4.91. The molecule has 0 unspecified atom stereocenters. The number of aryl methyl sites for hydroxylation is 1. The lowest BCUT2D eigenvalue weighted by Gasteiger charge is -2.22. The van der Waals surface area contributed by atoms with Crippen molar-refractivity contribution in [1.29, 1.82) is 0 Å². The number of aromatic amines is 1. The molecule has 1 amide bonds. The van der Waals surface area contributed by atoms with E-state index >= 15 is 0 Å². The van der Waals surface area contributed by atoms with Gasteiger partial charge >= 0.3 is 6.18 Å². The molecule has 0 spiro atoms. The van der Waals surface area contributed by atoms with Crippen molar-refractivity contribution in [2.24, 2.45) is 0 Å². The van der Waals surface area contributed by atoms with Crippen LogP contribution in [-0.4, -0.2) is 33.7 Å². The fourth-order valence-electron chi connectivity index (χ4n) is 2.63. The van der Waals surface area contributed by atoms with Crippen molar-refractivity contribution in [2.75, 3.05) is 6.54 Å². The van der Waals surface area contributed by atoms with E-state index in [4.69, 9.17) is 11.6 Å². The Morgan fingerprint density at radius 3 is 2.86 bits per heavy atom. The molecule has 0 bridgehead atoms. The maximum atomic E-state index is 12.6. The number of hydrogen-bond donors (Lipinski definition) is 1. The first kappa shape index (κ1) is 14.2. The van der Waals surface area contributed by atoms with E-state index in [-0.39, 0.29) is 13.0 Å². The number of benzene rings is 1. The number of H-pyrrole nitrogens is 1. The third kappa shape index (κ3) is 2.70. The molecule has 1 aromatic heterocycles. The van der Waals surface area contributed by atoms with Gasteiger partial charge in [0.1, 0.15) is 6.54 Å². The van der Waals surface area contributed by atoms with Crippen LogP contribution in [0.3, 0.4) is 0 Å². The zero-order valence-corrected chi connectivity index (χ0v) is 11.6. The number of nitrogens with zero attached hydrogens (tertiary/aromatic N) is 2. The van der Waals surface area contributed by atoms with Gasteiger partial charge in [-0.15, -0.1) is 0 Å². The van der Waals surface area contributed by atoms with E-state index < -0.39 is 18.6 Å². The van der Waals surface area contributed by atoms with Crippen molar-refractivity contribution >= 4 is 28.4 Å². The van der Waals surface area contributed by atoms with E-state index in [2.05, 4.69) is 10.2 Å². The Morgan fingerprint density at radius 1 is 1.38 bits per heavy atom. The van der Waals surface area contributed by atoms with E-state index in [0.29, 0.717) is 27.9 Å². The first-order chi connectivity index (χ1) is 9.85. The normalized spacial score (nSPS) is 16.2. The predicted molar refractivity (Wildman–Crippen MR) is 70.9 cm³/mol. The number of halogens is 4. The SMILES string of the molecule is O=C1CCc2cc(Cl)c3[nH]ncc3c2CN1CC(F)(F)F. The summed E-state index contributed by atoms with van der Waals surface area (Å²) in [5.41, 5.74) is 2.06. The minimum absolute atomic E-state index is 0.0444. The summed E-state index contributed by atoms with van der Waals surface area (Å²) in [7, 11) is 0. The molecule has 2 heterocycles. The van der Waals surface area contributed by atoms with Crippen LogP contribution in [0, 0.1) is 0 Å². The summed E-state index contributed by atoms with van der Waals surface area (Å²) in [5.74, 6) is -0.503. The molecule has 21 heavy (non-hydrogen) atoms. The van der Waals surface area contributed by atoms with Crippen molar-refractivity contribution < 1.29 is 18.0 Å². The highest BCUT2D eigenvalue weighted by Gasteiger charge is 2.34. The third-order valence-corrected chi connectivity index (χ3v) is 3.87. The first-order valence-electron chi connectivity index (χ1n) is 6.33. The lowest BCUT2D eigenvalue weighted by molar-refractivity contribution is -0.162. The Hall–Kier alpha value is -1.76. The minimum Gasteiger partial charge on any atom is -0.329 e. The third-order valence-electron chi connectivity index (χ3n) is 3.57. The van der Waals surface area contributed by atoms with Gasteiger partial charge in [-0.1, -0.05) is 11.6 Å². The van der Waals surface area contributed by atoms with Gasteiger partial charge in [0.05, 0.1) is 16.7 Å². The zero-order valence-electron chi connectivity index (χ0n) is 10.8. The molecule has 0 saturated heterocycles. The molecule has 8 heteroatoms. The van der Waals surface area contributed by atoms with Gasteiger partial charge in [0, 0.05) is 18.4 Å². The lowest BCUT2D eigenvalue weighted by atomic mass is 10.0. The predicted octanol–water partition coefficient (Wildman–Crippen LogP) is 3.05. The average Bonchev–Trinajstić information content (AvgIpc) is 2.81. The van der Waals surface area contributed by atoms with Crippen LogP contribution in [0.1, 0.15) is 17.5 Å². The van der Waals surface area contributed by atoms with Gasteiger partial charge in [-0.2, -0.15) is 18.3 Å². The maximum absolute atomic E-state index is 12.6. The number of nitrogens with one attached hydrogen (secondary N) is 1. The molecule has 0 aliphatic carbocycles. The second-order valence-corrected chi connectivity index (χ2v) is 5.43. The largest absolute Gasteiger partial charge is 0.406 e. The molecule has 1 aromatic carbocycles. The number of carbonyl (C=O) groups excluding carboxylic acids is 1. The minimum atomic E-state index is -4.41. The molecule has 0 saturated carbocycles. The fraction of sp³-hybridized carbons (Fsp3) is 0.385. The monoisotopic (exact) mass is 317 g/mol. The number of fused-ring (bicyclic) bond motifs is 3. The van der Waals surface area contributed by atoms with Crippen LogP contribution in [0.2, 0.25) is 5.02 Å². The van der Waals surface area contributed by atoms with E-state index in [1.54, 1.807) is 6.07 Å². The Morgan fingerprint density at radius 2 is 2.14 bits per heavy atom. The molecule has 2 aromatic rings. The van der Waals surface area contributed by atoms with Crippen LogP contribution in [0.5, 0.6) is 0 Å². The Balaban J connectivity index is 2.06. The Bertz CT molecular complexity index is 710. The topological polar surface area (TPSA) is 49.0 Å². The van der Waals surface area contributed by atoms with Crippen molar-refractivity contribution in [3.05, 3.63) is 28.4 Å². The highest BCUT2D eigenvalue weighted by atomic mass is 35.5. The standard InChI is InChI=1S/C13H11ClF3N3O/c14-10-3-7-1-2-11(21)20(6-13(15,16)17)5-9(7)8-4-18-19-12(8)10/h3-4H,1-2,5-6H2,(H,18,19). The number of alkyl halides is 3. The molecule has 3 rings (SSSR count). The summed E-state index contributed by atoms with van der Waals surface area (Å²) in [6.07, 6.45) is -2.46. The summed E-state index contributed by atoms with van der Waals surface area (Å²) in [6, 6.07) is 1.70. The van der Waals surface area contributed by atoms with Gasteiger partial charge in [0.25, 0.3) is 0 Å². The molecule has 4 nitrogen and oxygen atoms in total. The Kier molecular flexibility index (Phi) is 3.32. The molecular weight excluding hydrogens is 307 g/mol. The summed E-state index contributed by atoms with van der Waals surface area (Å²) in [4.78, 5) is 12.7. The van der Waals surface area contributed by atoms with E-state index in [0.717, 1.165) is 10.5 Å². The van der Waals surface area contributed by atoms with Crippen LogP contribution < -0.4 is 0 Å². The number of aromatic nitrogens is 2. The van der Waals surface area contributed by atoms with Gasteiger partial charge in [-0.3, -0.25) is 9.89 Å². The quantitative estimate of drug-likeness (QED) is 0.879. The van der Waals surface area contributed by atoms with Crippen molar-refractivity contribution in [3.63, 3.8) is 0 Å². The van der Waals surface area contributed by atoms with Gasteiger partial charge in [-0.05, 0) is 23.6 Å². The molecule has 0 atom stereocenters. The van der Waals surface area contributed by atoms with E-state index in [1.165, 1.54) is 6.20 Å². The van der Waals surface area contributed by atoms with Crippen molar-refractivity contribution in [3.8, 4) is 0 Å².